The zero-order valence-corrected chi connectivity index (χ0v) is 12.5. The average molecular weight is 312 g/mol. The van der Waals surface area contributed by atoms with Gasteiger partial charge in [0, 0.05) is 11.3 Å². The number of aryl methyl sites for hydroxylation is 1. The van der Waals surface area contributed by atoms with Crippen molar-refractivity contribution in [1.29, 1.82) is 0 Å². The number of benzene rings is 2. The van der Waals surface area contributed by atoms with Gasteiger partial charge in [-0.2, -0.15) is 0 Å². The maximum absolute atomic E-state index is 12.0. The van der Waals surface area contributed by atoms with Crippen molar-refractivity contribution in [2.45, 2.75) is 6.92 Å². The molecule has 2 rings (SSSR count). The van der Waals surface area contributed by atoms with E-state index in [4.69, 9.17) is 10.5 Å². The summed E-state index contributed by atoms with van der Waals surface area (Å²) < 4.78 is 5.10. The van der Waals surface area contributed by atoms with Gasteiger partial charge in [-0.25, -0.2) is 0 Å². The Kier molecular flexibility index (Phi) is 5.09. The molecule has 0 aliphatic rings. The molecule has 0 atom stereocenters. The second-order valence-electron chi connectivity index (χ2n) is 4.93. The van der Waals surface area contributed by atoms with Crippen molar-refractivity contribution in [3.8, 4) is 5.75 Å². The normalized spacial score (nSPS) is 9.96. The fraction of sp³-hybridized carbons (Fsp3) is 0.118. The largest absolute Gasteiger partial charge is 0.484 e. The molecule has 0 radical (unpaired) electrons. The van der Waals surface area contributed by atoms with Crippen molar-refractivity contribution >= 4 is 23.3 Å². The van der Waals surface area contributed by atoms with Crippen molar-refractivity contribution in [3.63, 3.8) is 0 Å². The summed E-state index contributed by atoms with van der Waals surface area (Å²) in [7, 11) is 0. The molecule has 0 aromatic heterocycles. The molecule has 3 N–H and O–H groups in total. The SMILES string of the molecule is Cc1ccc(C(=O)C(=O)Nc2ccc(OCC(N)=O)cc2)cc1. The van der Waals surface area contributed by atoms with Crippen LogP contribution >= 0.6 is 0 Å². The average Bonchev–Trinajstić information content (AvgIpc) is 2.54. The summed E-state index contributed by atoms with van der Waals surface area (Å²) in [6.07, 6.45) is 0. The topological polar surface area (TPSA) is 98.5 Å². The summed E-state index contributed by atoms with van der Waals surface area (Å²) >= 11 is 0. The zero-order chi connectivity index (χ0) is 16.8. The number of carbonyl (C=O) groups excluding carboxylic acids is 3. The molecule has 2 aromatic rings. The van der Waals surface area contributed by atoms with Gasteiger partial charge >= 0.3 is 0 Å². The molecule has 118 valence electrons. The highest BCUT2D eigenvalue weighted by Crippen LogP contribution is 2.16. The molecule has 23 heavy (non-hydrogen) atoms. The Morgan fingerprint density at radius 3 is 2.17 bits per heavy atom. The van der Waals surface area contributed by atoms with E-state index < -0.39 is 17.6 Å². The van der Waals surface area contributed by atoms with Gasteiger partial charge in [0.2, 0.25) is 0 Å². The van der Waals surface area contributed by atoms with Crippen LogP contribution in [0, 0.1) is 6.92 Å². The molecular weight excluding hydrogens is 296 g/mol. The van der Waals surface area contributed by atoms with E-state index in [-0.39, 0.29) is 6.61 Å². The molecule has 0 spiro atoms. The van der Waals surface area contributed by atoms with Gasteiger partial charge in [0.15, 0.2) is 6.61 Å². The van der Waals surface area contributed by atoms with Crippen LogP contribution in [0.3, 0.4) is 0 Å². The molecule has 0 fully saturated rings. The van der Waals surface area contributed by atoms with E-state index in [0.717, 1.165) is 5.56 Å². The Bertz CT molecular complexity index is 721. The lowest BCUT2D eigenvalue weighted by Crippen LogP contribution is -2.22. The number of primary amides is 1. The monoisotopic (exact) mass is 312 g/mol. The molecule has 0 bridgehead atoms. The van der Waals surface area contributed by atoms with Crippen molar-refractivity contribution in [3.05, 3.63) is 59.7 Å². The van der Waals surface area contributed by atoms with Gasteiger partial charge < -0.3 is 15.8 Å². The van der Waals surface area contributed by atoms with Gasteiger partial charge in [-0.05, 0) is 31.2 Å². The third-order valence-electron chi connectivity index (χ3n) is 3.01. The number of ketones is 1. The number of hydrogen-bond donors (Lipinski definition) is 2. The summed E-state index contributed by atoms with van der Waals surface area (Å²) in [5.74, 6) is -1.48. The minimum absolute atomic E-state index is 0.225. The molecule has 2 amide bonds. The summed E-state index contributed by atoms with van der Waals surface area (Å²) in [6.45, 7) is 1.67. The quantitative estimate of drug-likeness (QED) is 0.626. The summed E-state index contributed by atoms with van der Waals surface area (Å²) in [4.78, 5) is 34.6. The van der Waals surface area contributed by atoms with Crippen LogP contribution in [0.1, 0.15) is 15.9 Å². The highest BCUT2D eigenvalue weighted by Gasteiger charge is 2.16. The second kappa shape index (κ2) is 7.22. The van der Waals surface area contributed by atoms with E-state index in [2.05, 4.69) is 5.32 Å². The standard InChI is InChI=1S/C17H16N2O4/c1-11-2-4-12(5-3-11)16(21)17(22)19-13-6-8-14(9-7-13)23-10-15(18)20/h2-9H,10H2,1H3,(H2,18,20)(H,19,22). The fourth-order valence-corrected chi connectivity index (χ4v) is 1.81. The molecule has 2 aromatic carbocycles. The number of hydrogen-bond acceptors (Lipinski definition) is 4. The van der Waals surface area contributed by atoms with E-state index >= 15 is 0 Å². The number of nitrogens with one attached hydrogen (secondary N) is 1. The first kappa shape index (κ1) is 16.2. The van der Waals surface area contributed by atoms with Crippen LogP contribution in [0.25, 0.3) is 0 Å². The van der Waals surface area contributed by atoms with Gasteiger partial charge in [0.25, 0.3) is 17.6 Å². The molecule has 0 unspecified atom stereocenters. The number of anilines is 1. The second-order valence-corrected chi connectivity index (χ2v) is 4.93. The number of amides is 2. The third kappa shape index (κ3) is 4.67. The zero-order valence-electron chi connectivity index (χ0n) is 12.5. The van der Waals surface area contributed by atoms with Gasteiger partial charge in [-0.3, -0.25) is 14.4 Å². The minimum atomic E-state index is -0.723. The van der Waals surface area contributed by atoms with E-state index in [9.17, 15) is 14.4 Å². The van der Waals surface area contributed by atoms with Gasteiger partial charge in [-0.15, -0.1) is 0 Å². The Hall–Kier alpha value is -3.15. The van der Waals surface area contributed by atoms with Crippen LogP contribution in [0.4, 0.5) is 5.69 Å². The van der Waals surface area contributed by atoms with Crippen molar-refractivity contribution in [2.75, 3.05) is 11.9 Å². The first-order chi connectivity index (χ1) is 11.0. The lowest BCUT2D eigenvalue weighted by molar-refractivity contribution is -0.120. The van der Waals surface area contributed by atoms with Gasteiger partial charge in [0.1, 0.15) is 5.75 Å². The molecule has 0 heterocycles. The summed E-state index contributed by atoms with van der Waals surface area (Å²) in [6, 6.07) is 13.0. The van der Waals surface area contributed by atoms with E-state index in [1.165, 1.54) is 0 Å². The highest BCUT2D eigenvalue weighted by molar-refractivity contribution is 6.46. The molecule has 6 heteroatoms. The first-order valence-electron chi connectivity index (χ1n) is 6.89. The van der Waals surface area contributed by atoms with E-state index in [1.54, 1.807) is 48.5 Å². The van der Waals surface area contributed by atoms with Gasteiger partial charge in [-0.1, -0.05) is 29.8 Å². The van der Waals surface area contributed by atoms with Crippen molar-refractivity contribution in [1.82, 2.24) is 0 Å². The Labute approximate surface area is 133 Å². The summed E-state index contributed by atoms with van der Waals surface area (Å²) in [5, 5.41) is 2.51. The third-order valence-corrected chi connectivity index (χ3v) is 3.01. The maximum Gasteiger partial charge on any atom is 0.296 e. The Balaban J connectivity index is 1.98. The van der Waals surface area contributed by atoms with Crippen LogP contribution in [0.2, 0.25) is 0 Å². The molecule has 0 saturated carbocycles. The highest BCUT2D eigenvalue weighted by atomic mass is 16.5. The lowest BCUT2D eigenvalue weighted by atomic mass is 10.1. The number of carbonyl (C=O) groups is 3. The van der Waals surface area contributed by atoms with E-state index in [0.29, 0.717) is 17.0 Å². The maximum atomic E-state index is 12.0. The summed E-state index contributed by atoms with van der Waals surface area (Å²) in [5.41, 5.74) is 6.76. The van der Waals surface area contributed by atoms with Crippen molar-refractivity contribution < 1.29 is 19.1 Å². The molecule has 0 aliphatic carbocycles. The van der Waals surface area contributed by atoms with Crippen molar-refractivity contribution in [2.24, 2.45) is 5.73 Å². The number of Topliss-reactive ketones (excluding diaryl/α,β-unsaturated/α-hetero) is 1. The predicted molar refractivity (Wildman–Crippen MR) is 85.3 cm³/mol. The molecule has 6 nitrogen and oxygen atoms in total. The Morgan fingerprint density at radius 1 is 1.00 bits per heavy atom. The van der Waals surface area contributed by atoms with Crippen LogP contribution in [-0.2, 0) is 9.59 Å². The fourth-order valence-electron chi connectivity index (χ4n) is 1.81. The number of rotatable bonds is 6. The molecule has 0 saturated heterocycles. The molecular formula is C17H16N2O4. The van der Waals surface area contributed by atoms with Crippen LogP contribution < -0.4 is 15.8 Å². The Morgan fingerprint density at radius 2 is 1.61 bits per heavy atom. The number of nitrogens with two attached hydrogens (primary N) is 1. The van der Waals surface area contributed by atoms with E-state index in [1.807, 2.05) is 6.92 Å². The van der Waals surface area contributed by atoms with Crippen LogP contribution in [0.5, 0.6) is 5.75 Å². The minimum Gasteiger partial charge on any atom is -0.484 e. The molecule has 0 aliphatic heterocycles. The van der Waals surface area contributed by atoms with Crippen LogP contribution in [0.15, 0.2) is 48.5 Å². The first-order valence-corrected chi connectivity index (χ1v) is 6.89. The number of ether oxygens (including phenoxy) is 1. The smallest absolute Gasteiger partial charge is 0.296 e. The van der Waals surface area contributed by atoms with Gasteiger partial charge in [0.05, 0.1) is 0 Å². The lowest BCUT2D eigenvalue weighted by Gasteiger charge is -2.07. The van der Waals surface area contributed by atoms with Crippen LogP contribution in [-0.4, -0.2) is 24.2 Å². The predicted octanol–water partition coefficient (Wildman–Crippen LogP) is 1.68.